The van der Waals surface area contributed by atoms with Gasteiger partial charge in [0.1, 0.15) is 17.8 Å². The minimum absolute atomic E-state index is 0.212. The van der Waals surface area contributed by atoms with Crippen molar-refractivity contribution in [2.75, 3.05) is 11.9 Å². The number of aryl methyl sites for hydroxylation is 1. The first-order valence-corrected chi connectivity index (χ1v) is 8.28. The van der Waals surface area contributed by atoms with Crippen LogP contribution >= 0.6 is 0 Å². The van der Waals surface area contributed by atoms with Gasteiger partial charge in [-0.15, -0.1) is 0 Å². The first-order valence-electron chi connectivity index (χ1n) is 8.28. The number of carbonyl (C=O) groups excluding carboxylic acids is 1. The molecular weight excluding hydrogens is 361 g/mol. The van der Waals surface area contributed by atoms with E-state index in [-0.39, 0.29) is 12.4 Å². The molecule has 3 aromatic rings. The normalized spacial score (nSPS) is 11.6. The van der Waals surface area contributed by atoms with Crippen molar-refractivity contribution < 1.29 is 22.7 Å². The van der Waals surface area contributed by atoms with Gasteiger partial charge >= 0.3 is 12.1 Å². The van der Waals surface area contributed by atoms with E-state index in [4.69, 9.17) is 4.74 Å². The van der Waals surface area contributed by atoms with E-state index in [2.05, 4.69) is 15.3 Å². The Balaban J connectivity index is 1.79. The number of alkyl halides is 3. The maximum Gasteiger partial charge on any atom is 0.416 e. The molecule has 0 amide bonds. The number of esters is 1. The van der Waals surface area contributed by atoms with E-state index in [9.17, 15) is 18.0 Å². The van der Waals surface area contributed by atoms with Crippen LogP contribution in [0.2, 0.25) is 0 Å². The second-order valence-corrected chi connectivity index (χ2v) is 5.72. The lowest BCUT2D eigenvalue weighted by atomic mass is 10.2. The molecule has 0 unspecified atom stereocenters. The number of benzene rings is 1. The molecule has 9 heteroatoms. The maximum atomic E-state index is 12.7. The Labute approximate surface area is 153 Å². The molecule has 0 saturated heterocycles. The molecule has 1 N–H and O–H groups in total. The van der Waals surface area contributed by atoms with Crippen LogP contribution in [0.25, 0.3) is 11.0 Å². The summed E-state index contributed by atoms with van der Waals surface area (Å²) in [6.45, 7) is 2.48. The highest BCUT2D eigenvalue weighted by Crippen LogP contribution is 2.31. The fourth-order valence-corrected chi connectivity index (χ4v) is 2.61. The van der Waals surface area contributed by atoms with E-state index in [1.165, 1.54) is 18.5 Å². The molecule has 0 fully saturated rings. The molecular formula is C18H17F3N4O2. The van der Waals surface area contributed by atoms with E-state index in [1.807, 2.05) is 0 Å². The molecule has 2 heterocycles. The Kier molecular flexibility index (Phi) is 5.29. The third kappa shape index (κ3) is 4.36. The van der Waals surface area contributed by atoms with E-state index < -0.39 is 11.7 Å². The first kappa shape index (κ1) is 18.7. The predicted octanol–water partition coefficient (Wildman–Crippen LogP) is 4.15. The molecule has 0 spiro atoms. The number of fused-ring (bicyclic) bond motifs is 1. The van der Waals surface area contributed by atoms with Crippen molar-refractivity contribution in [2.45, 2.75) is 26.1 Å². The van der Waals surface area contributed by atoms with Gasteiger partial charge in [0.25, 0.3) is 0 Å². The van der Waals surface area contributed by atoms with Crippen molar-refractivity contribution in [1.29, 1.82) is 0 Å². The number of nitrogens with one attached hydrogen (secondary N) is 1. The molecule has 0 bridgehead atoms. The smallest absolute Gasteiger partial charge is 0.416 e. The number of carbonyl (C=O) groups is 1. The summed E-state index contributed by atoms with van der Waals surface area (Å²) in [5.41, 5.74) is 0.372. The van der Waals surface area contributed by atoms with Crippen LogP contribution in [0.3, 0.4) is 0 Å². The summed E-state index contributed by atoms with van der Waals surface area (Å²) in [6, 6.07) is 6.48. The van der Waals surface area contributed by atoms with Crippen LogP contribution < -0.4 is 5.32 Å². The summed E-state index contributed by atoms with van der Waals surface area (Å²) >= 11 is 0. The number of nitrogens with zero attached hydrogens (tertiary/aromatic N) is 3. The van der Waals surface area contributed by atoms with Crippen molar-refractivity contribution in [1.82, 2.24) is 14.5 Å². The molecule has 27 heavy (non-hydrogen) atoms. The second-order valence-electron chi connectivity index (χ2n) is 5.72. The summed E-state index contributed by atoms with van der Waals surface area (Å²) in [6.07, 6.45) is -1.04. The highest BCUT2D eigenvalue weighted by Gasteiger charge is 2.29. The van der Waals surface area contributed by atoms with Crippen molar-refractivity contribution in [3.8, 4) is 0 Å². The van der Waals surface area contributed by atoms with Gasteiger partial charge in [0.15, 0.2) is 0 Å². The SMILES string of the molecule is CCOC(=O)CCn1ccc2c(Nc3ccc(C(F)(F)F)cc3)ncnc21. The number of aromatic nitrogens is 3. The number of ether oxygens (including phenoxy) is 1. The zero-order valence-corrected chi connectivity index (χ0v) is 14.5. The first-order chi connectivity index (χ1) is 12.9. The van der Waals surface area contributed by atoms with Crippen molar-refractivity contribution in [3.63, 3.8) is 0 Å². The van der Waals surface area contributed by atoms with E-state index in [1.54, 1.807) is 23.8 Å². The quantitative estimate of drug-likeness (QED) is 0.653. The van der Waals surface area contributed by atoms with Crippen molar-refractivity contribution in [2.24, 2.45) is 0 Å². The maximum absolute atomic E-state index is 12.7. The van der Waals surface area contributed by atoms with Gasteiger partial charge in [0.2, 0.25) is 0 Å². The third-order valence-corrected chi connectivity index (χ3v) is 3.89. The Morgan fingerprint density at radius 1 is 1.19 bits per heavy atom. The molecule has 3 rings (SSSR count). The summed E-state index contributed by atoms with van der Waals surface area (Å²) in [5.74, 6) is 0.172. The Bertz CT molecular complexity index is 936. The molecule has 0 aliphatic carbocycles. The lowest BCUT2D eigenvalue weighted by Gasteiger charge is -2.10. The van der Waals surface area contributed by atoms with E-state index in [0.717, 1.165) is 12.1 Å². The van der Waals surface area contributed by atoms with E-state index in [0.29, 0.717) is 35.7 Å². The predicted molar refractivity (Wildman–Crippen MR) is 93.5 cm³/mol. The fraction of sp³-hybridized carbons (Fsp3) is 0.278. The average Bonchev–Trinajstić information content (AvgIpc) is 3.04. The number of hydrogen-bond acceptors (Lipinski definition) is 5. The molecule has 2 aromatic heterocycles. The van der Waals surface area contributed by atoms with Gasteiger partial charge in [-0.05, 0) is 37.3 Å². The monoisotopic (exact) mass is 378 g/mol. The van der Waals surface area contributed by atoms with Crippen LogP contribution in [-0.2, 0) is 22.3 Å². The molecule has 0 aliphatic heterocycles. The number of anilines is 2. The van der Waals surface area contributed by atoms with Crippen LogP contribution in [-0.4, -0.2) is 27.1 Å². The van der Waals surface area contributed by atoms with Crippen LogP contribution in [0, 0.1) is 0 Å². The molecule has 0 saturated carbocycles. The van der Waals surface area contributed by atoms with Crippen LogP contribution in [0.4, 0.5) is 24.7 Å². The van der Waals surface area contributed by atoms with Crippen molar-refractivity contribution in [3.05, 3.63) is 48.4 Å². The van der Waals surface area contributed by atoms with Crippen molar-refractivity contribution >= 4 is 28.5 Å². The zero-order valence-electron chi connectivity index (χ0n) is 14.5. The summed E-state index contributed by atoms with van der Waals surface area (Å²) in [7, 11) is 0. The Morgan fingerprint density at radius 3 is 2.59 bits per heavy atom. The second kappa shape index (κ2) is 7.65. The minimum Gasteiger partial charge on any atom is -0.466 e. The van der Waals surface area contributed by atoms with Gasteiger partial charge in [-0.25, -0.2) is 9.97 Å². The Hall–Kier alpha value is -3.10. The largest absolute Gasteiger partial charge is 0.466 e. The average molecular weight is 378 g/mol. The van der Waals surface area contributed by atoms with Crippen LogP contribution in [0.5, 0.6) is 0 Å². The molecule has 0 aliphatic rings. The molecule has 142 valence electrons. The molecule has 0 atom stereocenters. The molecule has 6 nitrogen and oxygen atoms in total. The van der Waals surface area contributed by atoms with Crippen LogP contribution in [0.15, 0.2) is 42.9 Å². The molecule has 1 aromatic carbocycles. The summed E-state index contributed by atoms with van der Waals surface area (Å²) in [4.78, 5) is 19.9. The van der Waals surface area contributed by atoms with Gasteiger partial charge in [-0.1, -0.05) is 0 Å². The number of rotatable bonds is 6. The van der Waals surface area contributed by atoms with Gasteiger partial charge in [0.05, 0.1) is 24.0 Å². The van der Waals surface area contributed by atoms with Gasteiger partial charge in [-0.2, -0.15) is 13.2 Å². The Morgan fingerprint density at radius 2 is 1.93 bits per heavy atom. The highest BCUT2D eigenvalue weighted by atomic mass is 19.4. The summed E-state index contributed by atoms with van der Waals surface area (Å²) in [5, 5.41) is 3.70. The van der Waals surface area contributed by atoms with E-state index >= 15 is 0 Å². The topological polar surface area (TPSA) is 69.0 Å². The highest BCUT2D eigenvalue weighted by molar-refractivity contribution is 5.89. The molecule has 0 radical (unpaired) electrons. The number of halogens is 3. The lowest BCUT2D eigenvalue weighted by molar-refractivity contribution is -0.143. The standard InChI is InChI=1S/C18H17F3N4O2/c1-2-27-15(26)8-10-25-9-7-14-16(22-11-23-17(14)25)24-13-5-3-12(4-6-13)18(19,20)21/h3-7,9,11H,2,8,10H2,1H3,(H,22,23,24). The van der Waals surface area contributed by atoms with Crippen LogP contribution in [0.1, 0.15) is 18.9 Å². The van der Waals surface area contributed by atoms with Gasteiger partial charge in [-0.3, -0.25) is 4.79 Å². The summed E-state index contributed by atoms with van der Waals surface area (Å²) < 4.78 is 44.7. The fourth-order valence-electron chi connectivity index (χ4n) is 2.61. The zero-order chi connectivity index (χ0) is 19.4. The lowest BCUT2D eigenvalue weighted by Crippen LogP contribution is -2.08. The van der Waals surface area contributed by atoms with Gasteiger partial charge < -0.3 is 14.6 Å². The minimum atomic E-state index is -4.38. The van der Waals surface area contributed by atoms with Gasteiger partial charge in [0, 0.05) is 18.4 Å². The number of hydrogen-bond donors (Lipinski definition) is 1. The third-order valence-electron chi connectivity index (χ3n) is 3.89.